The molecule has 2 aromatic heterocycles. The van der Waals surface area contributed by atoms with Crippen molar-refractivity contribution in [2.24, 2.45) is 0 Å². The summed E-state index contributed by atoms with van der Waals surface area (Å²) in [5.41, 5.74) is 1.01. The molecule has 0 unspecified atom stereocenters. The highest BCUT2D eigenvalue weighted by Crippen LogP contribution is 2.22. The lowest BCUT2D eigenvalue weighted by atomic mass is 10.1. The molecule has 0 radical (unpaired) electrons. The lowest BCUT2D eigenvalue weighted by molar-refractivity contribution is 0.0529. The van der Waals surface area contributed by atoms with Gasteiger partial charge in [0.2, 0.25) is 5.78 Å². The molecule has 2 heterocycles. The van der Waals surface area contributed by atoms with Gasteiger partial charge in [-0.3, -0.25) is 14.0 Å². The third-order valence-corrected chi connectivity index (χ3v) is 6.19. The molecule has 0 fully saturated rings. The molecule has 0 saturated heterocycles. The highest BCUT2D eigenvalue weighted by atomic mass is 35.5. The van der Waals surface area contributed by atoms with E-state index >= 15 is 0 Å². The smallest absolute Gasteiger partial charge is 0.341 e. The van der Waals surface area contributed by atoms with Gasteiger partial charge < -0.3 is 4.74 Å². The summed E-state index contributed by atoms with van der Waals surface area (Å²) in [6.07, 6.45) is 1.70. The molecule has 0 aliphatic carbocycles. The van der Waals surface area contributed by atoms with Crippen molar-refractivity contribution in [2.75, 3.05) is 6.61 Å². The number of ether oxygens (including phenoxy) is 1. The molecule has 156 valence electrons. The van der Waals surface area contributed by atoms with E-state index in [1.54, 1.807) is 61.5 Å². The molecule has 0 bridgehead atoms. The van der Waals surface area contributed by atoms with Crippen molar-refractivity contribution < 1.29 is 14.3 Å². The molecule has 4 rings (SSSR count). The third kappa shape index (κ3) is 4.14. The highest BCUT2D eigenvalue weighted by molar-refractivity contribution is 7.15. The first kappa shape index (κ1) is 21.3. The summed E-state index contributed by atoms with van der Waals surface area (Å²) in [5.74, 6) is -0.982. The summed E-state index contributed by atoms with van der Waals surface area (Å²) in [5, 5.41) is 1.07. The largest absolute Gasteiger partial charge is 0.462 e. The Balaban J connectivity index is 1.93. The molecular weight excluding hydrogens is 457 g/mol. The van der Waals surface area contributed by atoms with Crippen LogP contribution in [0.25, 0.3) is 10.9 Å². The van der Waals surface area contributed by atoms with Gasteiger partial charge in [-0.15, -0.1) is 11.3 Å². The number of thiazole rings is 1. The zero-order valence-electron chi connectivity index (χ0n) is 16.2. The second kappa shape index (κ2) is 8.67. The molecule has 4 aromatic rings. The van der Waals surface area contributed by atoms with E-state index in [-0.39, 0.29) is 23.4 Å². The first-order valence-corrected chi connectivity index (χ1v) is 10.9. The van der Waals surface area contributed by atoms with E-state index in [0.717, 1.165) is 16.9 Å². The van der Waals surface area contributed by atoms with Crippen molar-refractivity contribution in [2.45, 2.75) is 6.92 Å². The minimum Gasteiger partial charge on any atom is -0.462 e. The van der Waals surface area contributed by atoms with Crippen molar-refractivity contribution in [1.82, 2.24) is 4.40 Å². The number of nitrogens with zero attached hydrogens (tertiary/aromatic N) is 1. The topological polar surface area (TPSA) is 64.8 Å². The number of carbonyl (C=O) groups is 2. The number of rotatable bonds is 5. The number of aromatic nitrogens is 1. The maximum absolute atomic E-state index is 13.2. The minimum atomic E-state index is -0.588. The van der Waals surface area contributed by atoms with Crippen LogP contribution in [-0.4, -0.2) is 22.8 Å². The van der Waals surface area contributed by atoms with Gasteiger partial charge in [0.15, 0.2) is 0 Å². The number of carbonyl (C=O) groups excluding carboxylic acids is 2. The van der Waals surface area contributed by atoms with Gasteiger partial charge in [-0.25, -0.2) is 4.79 Å². The van der Waals surface area contributed by atoms with Crippen molar-refractivity contribution in [3.8, 4) is 0 Å². The average Bonchev–Trinajstić information content (AvgIpc) is 3.28. The predicted molar refractivity (Wildman–Crippen MR) is 123 cm³/mol. The van der Waals surface area contributed by atoms with Crippen LogP contribution < -0.4 is 10.1 Å². The van der Waals surface area contributed by atoms with E-state index in [0.29, 0.717) is 25.0 Å². The SMILES string of the molecule is CCOC(=O)c1cc(C(=O)c2ccc(Cl)cc2)n2c(=O)/c(=C/c3ccc(Cl)cc3)sc12. The van der Waals surface area contributed by atoms with Gasteiger partial charge in [-0.1, -0.05) is 35.3 Å². The first-order valence-electron chi connectivity index (χ1n) is 9.32. The van der Waals surface area contributed by atoms with Crippen molar-refractivity contribution >= 4 is 57.2 Å². The van der Waals surface area contributed by atoms with Crippen molar-refractivity contribution in [3.05, 3.63) is 102 Å². The summed E-state index contributed by atoms with van der Waals surface area (Å²) < 4.78 is 6.79. The molecule has 2 aromatic carbocycles. The van der Waals surface area contributed by atoms with Crippen LogP contribution in [0.4, 0.5) is 0 Å². The number of esters is 1. The zero-order valence-corrected chi connectivity index (χ0v) is 18.6. The Bertz CT molecular complexity index is 1400. The second-order valence-electron chi connectivity index (χ2n) is 6.61. The van der Waals surface area contributed by atoms with Crippen LogP contribution in [0.1, 0.15) is 38.9 Å². The first-order chi connectivity index (χ1) is 14.9. The van der Waals surface area contributed by atoms with Crippen LogP contribution in [0.2, 0.25) is 10.0 Å². The average molecular weight is 472 g/mol. The van der Waals surface area contributed by atoms with Crippen LogP contribution in [0.3, 0.4) is 0 Å². The summed E-state index contributed by atoms with van der Waals surface area (Å²) in [6.45, 7) is 1.87. The Morgan fingerprint density at radius 3 is 2.26 bits per heavy atom. The highest BCUT2D eigenvalue weighted by Gasteiger charge is 2.25. The van der Waals surface area contributed by atoms with Gasteiger partial charge in [-0.2, -0.15) is 0 Å². The lowest BCUT2D eigenvalue weighted by Crippen LogP contribution is -2.25. The number of fused-ring (bicyclic) bond motifs is 1. The molecule has 0 amide bonds. The summed E-state index contributed by atoms with van der Waals surface area (Å²) in [4.78, 5) is 39.2. The maximum Gasteiger partial charge on any atom is 0.341 e. The Hall–Kier alpha value is -2.93. The molecule has 0 saturated carbocycles. The number of benzene rings is 2. The summed E-state index contributed by atoms with van der Waals surface area (Å²) >= 11 is 13.0. The zero-order chi connectivity index (χ0) is 22.1. The van der Waals surface area contributed by atoms with E-state index in [9.17, 15) is 14.4 Å². The van der Waals surface area contributed by atoms with E-state index in [4.69, 9.17) is 27.9 Å². The minimum absolute atomic E-state index is 0.0948. The molecule has 0 spiro atoms. The van der Waals surface area contributed by atoms with E-state index in [1.807, 2.05) is 0 Å². The number of hydrogen-bond donors (Lipinski definition) is 0. The molecular formula is C23H15Cl2NO4S. The Morgan fingerprint density at radius 1 is 1.03 bits per heavy atom. The number of halogens is 2. The van der Waals surface area contributed by atoms with Crippen LogP contribution in [0, 0.1) is 0 Å². The normalized spacial score (nSPS) is 11.8. The fourth-order valence-electron chi connectivity index (χ4n) is 3.13. The van der Waals surface area contributed by atoms with Crippen LogP contribution in [0.5, 0.6) is 0 Å². The van der Waals surface area contributed by atoms with Crippen LogP contribution >= 0.6 is 34.5 Å². The molecule has 0 aliphatic heterocycles. The molecule has 0 N–H and O–H groups in total. The Labute approximate surface area is 191 Å². The molecule has 31 heavy (non-hydrogen) atoms. The van der Waals surface area contributed by atoms with E-state index in [2.05, 4.69) is 0 Å². The van der Waals surface area contributed by atoms with Gasteiger partial charge in [0.1, 0.15) is 4.83 Å². The van der Waals surface area contributed by atoms with Crippen LogP contribution in [0.15, 0.2) is 59.4 Å². The van der Waals surface area contributed by atoms with Gasteiger partial charge >= 0.3 is 5.97 Å². The predicted octanol–water partition coefficient (Wildman–Crippen LogP) is 4.62. The monoisotopic (exact) mass is 471 g/mol. The second-order valence-corrected chi connectivity index (χ2v) is 8.51. The fraction of sp³-hybridized carbons (Fsp3) is 0.0870. The quantitative estimate of drug-likeness (QED) is 0.314. The summed E-state index contributed by atoms with van der Waals surface area (Å²) in [6, 6.07) is 14.8. The van der Waals surface area contributed by atoms with E-state index < -0.39 is 11.8 Å². The van der Waals surface area contributed by atoms with Crippen molar-refractivity contribution in [1.29, 1.82) is 0 Å². The number of ketones is 1. The number of hydrogen-bond acceptors (Lipinski definition) is 5. The van der Waals surface area contributed by atoms with Gasteiger partial charge in [0.25, 0.3) is 5.56 Å². The summed E-state index contributed by atoms with van der Waals surface area (Å²) in [7, 11) is 0. The van der Waals surface area contributed by atoms with Crippen molar-refractivity contribution in [3.63, 3.8) is 0 Å². The Morgan fingerprint density at radius 2 is 1.65 bits per heavy atom. The third-order valence-electron chi connectivity index (χ3n) is 4.58. The van der Waals surface area contributed by atoms with Gasteiger partial charge in [0.05, 0.1) is 22.4 Å². The van der Waals surface area contributed by atoms with E-state index in [1.165, 1.54) is 10.5 Å². The van der Waals surface area contributed by atoms with Gasteiger partial charge in [-0.05, 0) is 61.0 Å². The standard InChI is InChI=1S/C23H15Cl2NO4S/c1-2-30-23(29)17-12-18(20(27)14-5-9-16(25)10-6-14)26-21(28)19(31-22(17)26)11-13-3-7-15(24)8-4-13/h3-12H,2H2,1H3/b19-11-. The molecule has 0 aliphatic rings. The maximum atomic E-state index is 13.2. The molecule has 0 atom stereocenters. The Kier molecular flexibility index (Phi) is 5.96. The van der Waals surface area contributed by atoms with Gasteiger partial charge in [0, 0.05) is 15.6 Å². The molecule has 8 heteroatoms. The lowest BCUT2D eigenvalue weighted by Gasteiger charge is -2.00. The van der Waals surface area contributed by atoms with Crippen LogP contribution in [-0.2, 0) is 4.74 Å². The fourth-order valence-corrected chi connectivity index (χ4v) is 4.48. The molecule has 5 nitrogen and oxygen atoms in total.